The first kappa shape index (κ1) is 15.8. The molecule has 1 aliphatic rings. The van der Waals surface area contributed by atoms with Gasteiger partial charge in [-0.15, -0.1) is 0 Å². The van der Waals surface area contributed by atoms with Crippen LogP contribution in [-0.4, -0.2) is 22.6 Å². The van der Waals surface area contributed by atoms with Gasteiger partial charge in [0, 0.05) is 32.2 Å². The van der Waals surface area contributed by atoms with E-state index in [1.165, 1.54) is 26.0 Å². The molecule has 0 radical (unpaired) electrons. The van der Waals surface area contributed by atoms with Crippen molar-refractivity contribution in [2.24, 2.45) is 0 Å². The minimum atomic E-state index is -1.32. The normalized spacial score (nSPS) is 16.6. The van der Waals surface area contributed by atoms with E-state index in [1.54, 1.807) is 0 Å². The molecule has 0 bridgehead atoms. The van der Waals surface area contributed by atoms with Crippen molar-refractivity contribution in [2.75, 3.05) is 5.32 Å². The fourth-order valence-electron chi connectivity index (χ4n) is 1.66. The molecule has 0 amide bonds. The maximum atomic E-state index is 11.7. The summed E-state index contributed by atoms with van der Waals surface area (Å²) in [6.07, 6.45) is 1.08. The van der Waals surface area contributed by atoms with Crippen LogP contribution in [0.2, 0.25) is 5.02 Å². The first-order valence-electron chi connectivity index (χ1n) is 6.07. The van der Waals surface area contributed by atoms with Crippen LogP contribution < -0.4 is 5.32 Å². The Hall–Kier alpha value is -2.61. The summed E-state index contributed by atoms with van der Waals surface area (Å²) in [4.78, 5) is 33.5. The summed E-state index contributed by atoms with van der Waals surface area (Å²) in [5.74, 6) is -3.00. The molecule has 0 unspecified atom stereocenters. The van der Waals surface area contributed by atoms with Crippen LogP contribution >= 0.6 is 11.6 Å². The highest BCUT2D eigenvalue weighted by Crippen LogP contribution is 2.28. The Bertz CT molecular complexity index is 676. The number of esters is 2. The van der Waals surface area contributed by atoms with Crippen molar-refractivity contribution in [3.63, 3.8) is 0 Å². The minimum Gasteiger partial charge on any atom is -0.419 e. The van der Waals surface area contributed by atoms with Crippen LogP contribution in [0.3, 0.4) is 0 Å². The summed E-state index contributed by atoms with van der Waals surface area (Å²) in [6, 6.07) is 3.72. The Morgan fingerprint density at radius 3 is 2.36 bits per heavy atom. The molecule has 0 atom stereocenters. The van der Waals surface area contributed by atoms with E-state index >= 15 is 0 Å². The molecular formula is C13H11ClN2O6. The third-order valence-electron chi connectivity index (χ3n) is 2.65. The summed E-state index contributed by atoms with van der Waals surface area (Å²) in [5, 5.41) is 13.3. The number of halogens is 1. The molecular weight excluding hydrogens is 316 g/mol. The number of hydrogen-bond acceptors (Lipinski definition) is 7. The van der Waals surface area contributed by atoms with Crippen LogP contribution in [0.1, 0.15) is 13.8 Å². The average molecular weight is 327 g/mol. The van der Waals surface area contributed by atoms with E-state index in [0.29, 0.717) is 0 Å². The van der Waals surface area contributed by atoms with E-state index in [9.17, 15) is 19.7 Å². The first-order chi connectivity index (χ1) is 10.2. The third kappa shape index (κ3) is 3.34. The second-order valence-corrected chi connectivity index (χ2v) is 5.21. The number of hydrogen-bond donors (Lipinski definition) is 1. The number of nitro groups is 1. The van der Waals surface area contributed by atoms with Gasteiger partial charge in [0.05, 0.1) is 15.6 Å². The molecule has 1 aromatic rings. The highest BCUT2D eigenvalue weighted by atomic mass is 35.5. The quantitative estimate of drug-likeness (QED) is 0.298. The Morgan fingerprint density at radius 2 is 1.86 bits per heavy atom. The molecule has 22 heavy (non-hydrogen) atoms. The number of anilines is 1. The Kier molecular flexibility index (Phi) is 4.05. The number of cyclic esters (lactones) is 2. The van der Waals surface area contributed by atoms with Gasteiger partial charge < -0.3 is 14.8 Å². The predicted octanol–water partition coefficient (Wildman–Crippen LogP) is 2.38. The fourth-order valence-corrected chi connectivity index (χ4v) is 1.89. The zero-order valence-electron chi connectivity index (χ0n) is 11.6. The molecule has 1 saturated heterocycles. The molecule has 0 aliphatic carbocycles. The summed E-state index contributed by atoms with van der Waals surface area (Å²) < 4.78 is 9.83. The number of benzene rings is 1. The lowest BCUT2D eigenvalue weighted by molar-refractivity contribution is -0.384. The number of nitrogens with one attached hydrogen (secondary N) is 1. The largest absolute Gasteiger partial charge is 0.419 e. The fraction of sp³-hybridized carbons (Fsp3) is 0.231. The number of carbonyl (C=O) groups excluding carboxylic acids is 2. The molecule has 8 nitrogen and oxygen atoms in total. The van der Waals surface area contributed by atoms with Crippen LogP contribution in [0.5, 0.6) is 0 Å². The van der Waals surface area contributed by atoms with Gasteiger partial charge in [0.2, 0.25) is 0 Å². The number of non-ortho nitro benzene ring substituents is 1. The maximum absolute atomic E-state index is 11.7. The zero-order valence-corrected chi connectivity index (χ0v) is 12.3. The van der Waals surface area contributed by atoms with Crippen molar-refractivity contribution in [1.82, 2.24) is 0 Å². The van der Waals surface area contributed by atoms with Crippen LogP contribution in [0, 0.1) is 10.1 Å². The van der Waals surface area contributed by atoms with E-state index < -0.39 is 22.6 Å². The number of carbonyl (C=O) groups is 2. The van der Waals surface area contributed by atoms with Crippen molar-refractivity contribution in [3.8, 4) is 0 Å². The molecule has 0 saturated carbocycles. The summed E-state index contributed by atoms with van der Waals surface area (Å²) in [6.45, 7) is 2.86. The average Bonchev–Trinajstić information content (AvgIpc) is 2.37. The van der Waals surface area contributed by atoms with Gasteiger partial charge in [0.1, 0.15) is 0 Å². The second kappa shape index (κ2) is 5.64. The van der Waals surface area contributed by atoms with Crippen molar-refractivity contribution in [1.29, 1.82) is 0 Å². The lowest BCUT2D eigenvalue weighted by atomic mass is 10.2. The van der Waals surface area contributed by atoms with Gasteiger partial charge in [-0.3, -0.25) is 10.1 Å². The monoisotopic (exact) mass is 326 g/mol. The standard InChI is InChI=1S/C13H11ClN2O6/c1-13(2)21-11(17)8(12(18)22-13)6-15-10-4-3-7(16(19)20)5-9(10)14/h3-6,15H,1-2H3. The summed E-state index contributed by atoms with van der Waals surface area (Å²) in [5.41, 5.74) is -0.236. The van der Waals surface area contributed by atoms with E-state index in [-0.39, 0.29) is 22.0 Å². The van der Waals surface area contributed by atoms with Gasteiger partial charge in [-0.25, -0.2) is 9.59 Å². The van der Waals surface area contributed by atoms with E-state index in [2.05, 4.69) is 5.32 Å². The molecule has 1 aliphatic heterocycles. The van der Waals surface area contributed by atoms with Gasteiger partial charge in [-0.05, 0) is 6.07 Å². The van der Waals surface area contributed by atoms with Crippen molar-refractivity contribution < 1.29 is 24.0 Å². The molecule has 9 heteroatoms. The Balaban J connectivity index is 2.20. The third-order valence-corrected chi connectivity index (χ3v) is 2.97. The summed E-state index contributed by atoms with van der Waals surface area (Å²) in [7, 11) is 0. The van der Waals surface area contributed by atoms with E-state index in [0.717, 1.165) is 12.3 Å². The van der Waals surface area contributed by atoms with E-state index in [1.807, 2.05) is 0 Å². The number of nitro benzene ring substituents is 1. The number of ether oxygens (including phenoxy) is 2. The predicted molar refractivity (Wildman–Crippen MR) is 76.1 cm³/mol. The first-order valence-corrected chi connectivity index (χ1v) is 6.45. The van der Waals surface area contributed by atoms with Crippen molar-refractivity contribution in [2.45, 2.75) is 19.6 Å². The Morgan fingerprint density at radius 1 is 1.27 bits per heavy atom. The molecule has 1 N–H and O–H groups in total. The van der Waals surface area contributed by atoms with E-state index in [4.69, 9.17) is 21.1 Å². The van der Waals surface area contributed by atoms with Gasteiger partial charge >= 0.3 is 11.9 Å². The molecule has 1 fully saturated rings. The maximum Gasteiger partial charge on any atom is 0.350 e. The number of nitrogens with zero attached hydrogens (tertiary/aromatic N) is 1. The highest BCUT2D eigenvalue weighted by Gasteiger charge is 2.38. The highest BCUT2D eigenvalue weighted by molar-refractivity contribution is 6.33. The lowest BCUT2D eigenvalue weighted by Gasteiger charge is -2.29. The second-order valence-electron chi connectivity index (χ2n) is 4.80. The van der Waals surface area contributed by atoms with Gasteiger partial charge in [0.25, 0.3) is 11.5 Å². The van der Waals surface area contributed by atoms with Gasteiger partial charge in [0.15, 0.2) is 5.57 Å². The van der Waals surface area contributed by atoms with Gasteiger partial charge in [-0.1, -0.05) is 11.6 Å². The zero-order chi connectivity index (χ0) is 16.5. The number of rotatable bonds is 3. The SMILES string of the molecule is CC1(C)OC(=O)C(=CNc2ccc([N+](=O)[O-])cc2Cl)C(=O)O1. The minimum absolute atomic E-state index is 0.0592. The van der Waals surface area contributed by atoms with Crippen molar-refractivity contribution >= 4 is 34.9 Å². The van der Waals surface area contributed by atoms with Crippen LogP contribution in [-0.2, 0) is 19.1 Å². The van der Waals surface area contributed by atoms with Gasteiger partial charge in [-0.2, -0.15) is 0 Å². The lowest BCUT2D eigenvalue weighted by Crippen LogP contribution is -2.42. The Labute approximate surface area is 129 Å². The topological polar surface area (TPSA) is 108 Å². The van der Waals surface area contributed by atoms with Crippen molar-refractivity contribution in [3.05, 3.63) is 45.1 Å². The smallest absolute Gasteiger partial charge is 0.350 e. The molecule has 0 aromatic heterocycles. The molecule has 1 heterocycles. The molecule has 0 spiro atoms. The van der Waals surface area contributed by atoms with Crippen LogP contribution in [0.4, 0.5) is 11.4 Å². The summed E-state index contributed by atoms with van der Waals surface area (Å²) >= 11 is 5.88. The molecule has 1 aromatic carbocycles. The van der Waals surface area contributed by atoms with Crippen LogP contribution in [0.15, 0.2) is 30.0 Å². The van der Waals surface area contributed by atoms with Crippen LogP contribution in [0.25, 0.3) is 0 Å². The molecule has 116 valence electrons. The molecule has 2 rings (SSSR count).